The van der Waals surface area contributed by atoms with Crippen LogP contribution in [0.2, 0.25) is 0 Å². The van der Waals surface area contributed by atoms with Crippen molar-refractivity contribution in [3.05, 3.63) is 41.2 Å². The highest BCUT2D eigenvalue weighted by Gasteiger charge is 2.10. The van der Waals surface area contributed by atoms with Gasteiger partial charge in [-0.2, -0.15) is 0 Å². The van der Waals surface area contributed by atoms with E-state index in [0.717, 1.165) is 23.3 Å². The van der Waals surface area contributed by atoms with Crippen LogP contribution in [0.5, 0.6) is 0 Å². The Kier molecular flexibility index (Phi) is 4.38. The summed E-state index contributed by atoms with van der Waals surface area (Å²) in [4.78, 5) is 0. The molecule has 1 heterocycles. The number of nitrogens with two attached hydrogens (primary N) is 1. The minimum atomic E-state index is 0.436. The Morgan fingerprint density at radius 3 is 2.72 bits per heavy atom. The molecule has 18 heavy (non-hydrogen) atoms. The molecule has 2 N–H and O–H groups in total. The van der Waals surface area contributed by atoms with Crippen molar-refractivity contribution in [1.82, 2.24) is 14.8 Å². The topological polar surface area (TPSA) is 56.7 Å². The van der Waals surface area contributed by atoms with E-state index in [9.17, 15) is 0 Å². The van der Waals surface area contributed by atoms with E-state index in [-0.39, 0.29) is 0 Å². The van der Waals surface area contributed by atoms with Gasteiger partial charge in [0.1, 0.15) is 5.82 Å². The van der Waals surface area contributed by atoms with Gasteiger partial charge in [0.05, 0.1) is 6.54 Å². The van der Waals surface area contributed by atoms with Crippen LogP contribution < -0.4 is 5.73 Å². The fourth-order valence-electron chi connectivity index (χ4n) is 1.81. The number of hydrogen-bond acceptors (Lipinski definition) is 4. The zero-order valence-electron chi connectivity index (χ0n) is 10.8. The monoisotopic (exact) mass is 262 g/mol. The Bertz CT molecular complexity index is 521. The number of aromatic nitrogens is 3. The lowest BCUT2D eigenvalue weighted by Crippen LogP contribution is -2.08. The first-order chi connectivity index (χ1) is 8.76. The Morgan fingerprint density at radius 1 is 1.28 bits per heavy atom. The largest absolute Gasteiger partial charge is 0.324 e. The Morgan fingerprint density at radius 2 is 2.06 bits per heavy atom. The van der Waals surface area contributed by atoms with Gasteiger partial charge < -0.3 is 10.3 Å². The molecule has 0 aliphatic heterocycles. The molecular weight excluding hydrogens is 244 g/mol. The first-order valence-electron chi connectivity index (χ1n) is 6.05. The van der Waals surface area contributed by atoms with Gasteiger partial charge in [0.25, 0.3) is 0 Å². The van der Waals surface area contributed by atoms with Crippen molar-refractivity contribution in [2.75, 3.05) is 0 Å². The number of thioether (sulfide) groups is 1. The van der Waals surface area contributed by atoms with Crippen molar-refractivity contribution in [2.45, 2.75) is 37.8 Å². The lowest BCUT2D eigenvalue weighted by Gasteiger charge is -2.07. The smallest absolute Gasteiger partial charge is 0.191 e. The van der Waals surface area contributed by atoms with E-state index in [0.29, 0.717) is 6.54 Å². The first kappa shape index (κ1) is 13.1. The molecule has 0 unspecified atom stereocenters. The van der Waals surface area contributed by atoms with Crippen LogP contribution in [0, 0.1) is 6.92 Å². The Balaban J connectivity index is 2.11. The quantitative estimate of drug-likeness (QED) is 0.840. The summed E-state index contributed by atoms with van der Waals surface area (Å²) in [7, 11) is 0. The van der Waals surface area contributed by atoms with Crippen molar-refractivity contribution in [3.8, 4) is 0 Å². The van der Waals surface area contributed by atoms with Gasteiger partial charge >= 0.3 is 0 Å². The Hall–Kier alpha value is -1.33. The van der Waals surface area contributed by atoms with Gasteiger partial charge in [0, 0.05) is 12.3 Å². The van der Waals surface area contributed by atoms with Gasteiger partial charge in [-0.1, -0.05) is 36.0 Å². The molecule has 0 radical (unpaired) electrons. The predicted octanol–water partition coefficient (Wildman–Crippen LogP) is 2.36. The molecule has 96 valence electrons. The van der Waals surface area contributed by atoms with Crippen molar-refractivity contribution in [3.63, 3.8) is 0 Å². The van der Waals surface area contributed by atoms with Crippen LogP contribution in [0.4, 0.5) is 0 Å². The molecule has 0 saturated heterocycles. The van der Waals surface area contributed by atoms with E-state index in [4.69, 9.17) is 5.73 Å². The van der Waals surface area contributed by atoms with Gasteiger partial charge in [0.2, 0.25) is 0 Å². The minimum Gasteiger partial charge on any atom is -0.324 e. The van der Waals surface area contributed by atoms with Crippen molar-refractivity contribution >= 4 is 11.8 Å². The maximum atomic E-state index is 5.64. The second kappa shape index (κ2) is 6.02. The van der Waals surface area contributed by atoms with Crippen LogP contribution in [0.15, 0.2) is 29.4 Å². The number of benzene rings is 1. The molecule has 0 atom stereocenters. The number of nitrogens with zero attached hydrogens (tertiary/aromatic N) is 3. The highest BCUT2D eigenvalue weighted by molar-refractivity contribution is 7.98. The highest BCUT2D eigenvalue weighted by atomic mass is 32.2. The van der Waals surface area contributed by atoms with Crippen molar-refractivity contribution in [1.29, 1.82) is 0 Å². The summed E-state index contributed by atoms with van der Waals surface area (Å²) in [6.07, 6.45) is 0. The third-order valence-corrected chi connectivity index (χ3v) is 3.93. The fourth-order valence-corrected chi connectivity index (χ4v) is 2.91. The molecule has 1 aromatic carbocycles. The number of hydrogen-bond donors (Lipinski definition) is 1. The lowest BCUT2D eigenvalue weighted by molar-refractivity contribution is 0.643. The maximum absolute atomic E-state index is 5.64. The molecule has 0 fully saturated rings. The average Bonchev–Trinajstić information content (AvgIpc) is 2.79. The number of rotatable bonds is 5. The van der Waals surface area contributed by atoms with Gasteiger partial charge in [-0.15, -0.1) is 10.2 Å². The molecule has 0 spiro atoms. The summed E-state index contributed by atoms with van der Waals surface area (Å²) in [5.74, 6) is 1.76. The van der Waals surface area contributed by atoms with E-state index in [1.54, 1.807) is 11.8 Å². The van der Waals surface area contributed by atoms with Crippen molar-refractivity contribution in [2.24, 2.45) is 5.73 Å². The molecular formula is C13H18N4S. The van der Waals surface area contributed by atoms with Gasteiger partial charge in [0.15, 0.2) is 5.16 Å². The van der Waals surface area contributed by atoms with E-state index >= 15 is 0 Å². The van der Waals surface area contributed by atoms with Crippen molar-refractivity contribution < 1.29 is 0 Å². The summed E-state index contributed by atoms with van der Waals surface area (Å²) in [5.41, 5.74) is 8.29. The molecule has 2 rings (SSSR count). The first-order valence-corrected chi connectivity index (χ1v) is 7.04. The highest BCUT2D eigenvalue weighted by Crippen LogP contribution is 2.23. The third-order valence-electron chi connectivity index (χ3n) is 2.91. The minimum absolute atomic E-state index is 0.436. The second-order valence-electron chi connectivity index (χ2n) is 4.06. The molecule has 0 saturated carbocycles. The number of aryl methyl sites for hydroxylation is 1. The van der Waals surface area contributed by atoms with Gasteiger partial charge in [-0.3, -0.25) is 0 Å². The van der Waals surface area contributed by atoms with Crippen LogP contribution in [-0.4, -0.2) is 14.8 Å². The van der Waals surface area contributed by atoms with E-state index in [1.807, 2.05) is 0 Å². The summed E-state index contributed by atoms with van der Waals surface area (Å²) in [5, 5.41) is 9.25. The summed E-state index contributed by atoms with van der Waals surface area (Å²) < 4.78 is 2.07. The van der Waals surface area contributed by atoms with Gasteiger partial charge in [-0.25, -0.2) is 0 Å². The molecule has 2 aromatic rings. The van der Waals surface area contributed by atoms with Crippen LogP contribution in [-0.2, 0) is 18.8 Å². The standard InChI is InChI=1S/C13H18N4S/c1-3-17-12(8-14)15-16-13(17)18-9-11-7-5-4-6-10(11)2/h4-7H,3,8-9,14H2,1-2H3. The average molecular weight is 262 g/mol. The SMILES string of the molecule is CCn1c(CN)nnc1SCc1ccccc1C. The van der Waals surface area contributed by atoms with E-state index in [1.165, 1.54) is 11.1 Å². The summed E-state index contributed by atoms with van der Waals surface area (Å²) >= 11 is 1.71. The summed E-state index contributed by atoms with van der Waals surface area (Å²) in [6, 6.07) is 8.41. The third kappa shape index (κ3) is 2.73. The molecule has 4 nitrogen and oxygen atoms in total. The van der Waals surface area contributed by atoms with Crippen LogP contribution in [0.25, 0.3) is 0 Å². The van der Waals surface area contributed by atoms with Gasteiger partial charge in [-0.05, 0) is 25.0 Å². The molecule has 0 amide bonds. The van der Waals surface area contributed by atoms with Crippen LogP contribution >= 0.6 is 11.8 Å². The second-order valence-corrected chi connectivity index (χ2v) is 5.00. The molecule has 0 aliphatic rings. The van der Waals surface area contributed by atoms with Crippen LogP contribution in [0.1, 0.15) is 23.9 Å². The Labute approximate surface area is 112 Å². The molecule has 0 aliphatic carbocycles. The zero-order valence-corrected chi connectivity index (χ0v) is 11.6. The van der Waals surface area contributed by atoms with E-state index in [2.05, 4.69) is 52.9 Å². The normalized spacial score (nSPS) is 10.8. The fraction of sp³-hybridized carbons (Fsp3) is 0.385. The predicted molar refractivity (Wildman–Crippen MR) is 74.3 cm³/mol. The maximum Gasteiger partial charge on any atom is 0.191 e. The van der Waals surface area contributed by atoms with Crippen LogP contribution in [0.3, 0.4) is 0 Å². The summed E-state index contributed by atoms with van der Waals surface area (Å²) in [6.45, 7) is 5.51. The van der Waals surface area contributed by atoms with E-state index < -0.39 is 0 Å². The molecule has 5 heteroatoms. The molecule has 1 aromatic heterocycles. The molecule has 0 bridgehead atoms. The zero-order chi connectivity index (χ0) is 13.0. The lowest BCUT2D eigenvalue weighted by atomic mass is 10.1.